The minimum absolute atomic E-state index is 0.377. The molecule has 0 aliphatic rings. The van der Waals surface area contributed by atoms with Gasteiger partial charge in [-0.05, 0) is 50.6 Å². The highest BCUT2D eigenvalue weighted by Crippen LogP contribution is 2.32. The lowest BCUT2D eigenvalue weighted by molar-refractivity contribution is 0.296. The van der Waals surface area contributed by atoms with Crippen molar-refractivity contribution < 1.29 is 9.47 Å². The number of nitrogens with one attached hydrogen (secondary N) is 1. The first-order valence-corrected chi connectivity index (χ1v) is 11.3. The van der Waals surface area contributed by atoms with Crippen LogP contribution in [-0.4, -0.2) is 31.7 Å². The molecule has 0 saturated heterocycles. The van der Waals surface area contributed by atoms with E-state index in [1.54, 1.807) is 13.3 Å². The van der Waals surface area contributed by atoms with Crippen molar-refractivity contribution in [3.63, 3.8) is 0 Å². The van der Waals surface area contributed by atoms with E-state index >= 15 is 0 Å². The zero-order valence-corrected chi connectivity index (χ0v) is 20.1. The number of aryl methyl sites for hydroxylation is 3. The number of nitrogens with zero attached hydrogens (tertiary/aromatic N) is 5. The van der Waals surface area contributed by atoms with Gasteiger partial charge in [0.05, 0.1) is 18.8 Å². The van der Waals surface area contributed by atoms with Crippen LogP contribution in [0.3, 0.4) is 0 Å². The fourth-order valence-electron chi connectivity index (χ4n) is 4.00. The molecular weight excluding hydrogens is 440 g/mol. The maximum Gasteiger partial charge on any atom is 0.154 e. The molecule has 5 aromatic rings. The summed E-state index contributed by atoms with van der Waals surface area (Å²) in [6.45, 7) is 6.17. The van der Waals surface area contributed by atoms with Gasteiger partial charge in [-0.15, -0.1) is 0 Å². The van der Waals surface area contributed by atoms with E-state index in [2.05, 4.69) is 31.4 Å². The third-order valence-corrected chi connectivity index (χ3v) is 5.58. The number of fused-ring (bicyclic) bond motifs is 1. The third kappa shape index (κ3) is 4.91. The Kier molecular flexibility index (Phi) is 6.01. The normalized spacial score (nSPS) is 11.0. The van der Waals surface area contributed by atoms with Crippen LogP contribution >= 0.6 is 0 Å². The number of benzene rings is 1. The molecule has 0 fully saturated rings. The number of ether oxygens (including phenoxy) is 2. The summed E-state index contributed by atoms with van der Waals surface area (Å²) in [4.78, 5) is 13.2. The Bertz CT molecular complexity index is 1490. The Morgan fingerprint density at radius 1 is 0.886 bits per heavy atom. The molecule has 0 aliphatic carbocycles. The number of hydrogen-bond donors (Lipinski definition) is 1. The van der Waals surface area contributed by atoms with Crippen LogP contribution in [0.5, 0.6) is 11.5 Å². The first-order chi connectivity index (χ1) is 17.0. The van der Waals surface area contributed by atoms with Gasteiger partial charge in [0, 0.05) is 40.8 Å². The molecule has 1 N–H and O–H groups in total. The summed E-state index contributed by atoms with van der Waals surface area (Å²) in [5.41, 5.74) is 5.71. The first kappa shape index (κ1) is 22.3. The van der Waals surface area contributed by atoms with E-state index in [4.69, 9.17) is 9.47 Å². The summed E-state index contributed by atoms with van der Waals surface area (Å²) in [6.07, 6.45) is 3.71. The third-order valence-electron chi connectivity index (χ3n) is 5.58. The number of para-hydroxylation sites is 1. The fourth-order valence-corrected chi connectivity index (χ4v) is 4.00. The molecule has 4 aromatic heterocycles. The topological polar surface area (TPSA) is 86.5 Å². The average molecular weight is 467 g/mol. The lowest BCUT2D eigenvalue weighted by atomic mass is 10.1. The van der Waals surface area contributed by atoms with Crippen LogP contribution in [0.2, 0.25) is 0 Å². The van der Waals surface area contributed by atoms with Crippen molar-refractivity contribution >= 4 is 17.2 Å². The number of methoxy groups -OCH3 is 1. The van der Waals surface area contributed by atoms with E-state index in [1.807, 2.05) is 80.0 Å². The van der Waals surface area contributed by atoms with Crippen molar-refractivity contribution in [2.45, 2.75) is 27.4 Å². The smallest absolute Gasteiger partial charge is 0.154 e. The van der Waals surface area contributed by atoms with Crippen molar-refractivity contribution in [1.82, 2.24) is 24.6 Å². The second kappa shape index (κ2) is 9.42. The number of aromatic nitrogens is 5. The van der Waals surface area contributed by atoms with Crippen LogP contribution in [0.1, 0.15) is 22.8 Å². The van der Waals surface area contributed by atoms with Crippen LogP contribution < -0.4 is 14.8 Å². The Morgan fingerprint density at radius 3 is 2.57 bits per heavy atom. The molecular formula is C27H26N6O2. The zero-order chi connectivity index (χ0) is 24.4. The van der Waals surface area contributed by atoms with Gasteiger partial charge in [0.15, 0.2) is 5.82 Å². The highest BCUT2D eigenvalue weighted by atomic mass is 16.5. The van der Waals surface area contributed by atoms with Crippen LogP contribution in [0.15, 0.2) is 67.0 Å². The monoisotopic (exact) mass is 466 g/mol. The van der Waals surface area contributed by atoms with E-state index in [-0.39, 0.29) is 0 Å². The highest BCUT2D eigenvalue weighted by molar-refractivity contribution is 5.75. The minimum Gasteiger partial charge on any atom is -0.496 e. The molecule has 1 aromatic carbocycles. The molecule has 0 saturated carbocycles. The molecule has 8 nitrogen and oxygen atoms in total. The molecule has 0 radical (unpaired) electrons. The van der Waals surface area contributed by atoms with E-state index in [9.17, 15) is 0 Å². The predicted octanol–water partition coefficient (Wildman–Crippen LogP) is 5.44. The van der Waals surface area contributed by atoms with Crippen molar-refractivity contribution in [3.05, 3.63) is 89.8 Å². The summed E-state index contributed by atoms with van der Waals surface area (Å²) >= 11 is 0. The van der Waals surface area contributed by atoms with Crippen LogP contribution in [0.4, 0.5) is 11.6 Å². The van der Waals surface area contributed by atoms with Crippen LogP contribution in [0.25, 0.3) is 16.6 Å². The molecule has 8 heteroatoms. The molecule has 4 heterocycles. The van der Waals surface area contributed by atoms with Crippen LogP contribution in [0, 0.1) is 20.8 Å². The zero-order valence-electron chi connectivity index (χ0n) is 20.1. The van der Waals surface area contributed by atoms with E-state index in [1.165, 1.54) is 0 Å². The number of pyridine rings is 2. The second-order valence-electron chi connectivity index (χ2n) is 8.30. The summed E-state index contributed by atoms with van der Waals surface area (Å²) < 4.78 is 13.5. The lowest BCUT2D eigenvalue weighted by Gasteiger charge is -2.14. The molecule has 35 heavy (non-hydrogen) atoms. The molecule has 0 unspecified atom stereocenters. The van der Waals surface area contributed by atoms with E-state index < -0.39 is 0 Å². The van der Waals surface area contributed by atoms with Gasteiger partial charge in [0.25, 0.3) is 0 Å². The van der Waals surface area contributed by atoms with Crippen molar-refractivity contribution in [2.24, 2.45) is 0 Å². The van der Waals surface area contributed by atoms with Gasteiger partial charge in [-0.25, -0.2) is 14.5 Å². The average Bonchev–Trinajstić information content (AvgIpc) is 3.24. The van der Waals surface area contributed by atoms with Gasteiger partial charge < -0.3 is 14.8 Å². The number of anilines is 2. The van der Waals surface area contributed by atoms with Gasteiger partial charge in [-0.2, -0.15) is 5.10 Å². The molecule has 0 atom stereocenters. The highest BCUT2D eigenvalue weighted by Gasteiger charge is 2.12. The maximum absolute atomic E-state index is 6.20. The number of hydrogen-bond acceptors (Lipinski definition) is 7. The molecule has 176 valence electrons. The predicted molar refractivity (Wildman–Crippen MR) is 135 cm³/mol. The van der Waals surface area contributed by atoms with Crippen molar-refractivity contribution in [3.8, 4) is 22.6 Å². The van der Waals surface area contributed by atoms with Crippen molar-refractivity contribution in [1.29, 1.82) is 0 Å². The molecule has 0 amide bonds. The first-order valence-electron chi connectivity index (χ1n) is 11.3. The maximum atomic E-state index is 6.20. The molecule has 0 aliphatic heterocycles. The number of rotatable bonds is 7. The molecule has 0 bridgehead atoms. The summed E-state index contributed by atoms with van der Waals surface area (Å²) in [6, 6.07) is 17.9. The Hall–Kier alpha value is -4.46. The van der Waals surface area contributed by atoms with Crippen LogP contribution in [-0.2, 0) is 6.61 Å². The minimum atomic E-state index is 0.377. The van der Waals surface area contributed by atoms with Gasteiger partial charge in [-0.1, -0.05) is 18.2 Å². The standard InChI is InChI=1S/C27H26N6O2/c1-17-11-23(25(15-28-17)35-16-21-7-5-6-8-24(21)34-4)20-9-10-33-22(13-20)14-27(32-33)31-26-12-18(2)29-19(3)30-26/h5-15H,16H2,1-4H3,(H,29,30,31,32). The Labute approximate surface area is 203 Å². The second-order valence-corrected chi connectivity index (χ2v) is 8.30. The van der Waals surface area contributed by atoms with E-state index in [0.717, 1.165) is 45.2 Å². The Balaban J connectivity index is 1.44. The van der Waals surface area contributed by atoms with Gasteiger partial charge in [0.1, 0.15) is 29.7 Å². The molecule has 5 rings (SSSR count). The Morgan fingerprint density at radius 2 is 1.74 bits per heavy atom. The SMILES string of the molecule is COc1ccccc1COc1cnc(C)cc1-c1ccn2nc(Nc3cc(C)nc(C)n3)cc2c1. The van der Waals surface area contributed by atoms with Gasteiger partial charge in [0.2, 0.25) is 0 Å². The van der Waals surface area contributed by atoms with Gasteiger partial charge in [-0.3, -0.25) is 4.98 Å². The fraction of sp³-hybridized carbons (Fsp3) is 0.185. The summed E-state index contributed by atoms with van der Waals surface area (Å²) in [5.74, 6) is 3.64. The lowest BCUT2D eigenvalue weighted by Crippen LogP contribution is -2.01. The van der Waals surface area contributed by atoms with Gasteiger partial charge >= 0.3 is 0 Å². The summed E-state index contributed by atoms with van der Waals surface area (Å²) in [5, 5.41) is 7.90. The summed E-state index contributed by atoms with van der Waals surface area (Å²) in [7, 11) is 1.66. The van der Waals surface area contributed by atoms with E-state index in [0.29, 0.717) is 24.0 Å². The van der Waals surface area contributed by atoms with Crippen molar-refractivity contribution in [2.75, 3.05) is 12.4 Å². The quantitative estimate of drug-likeness (QED) is 0.342. The largest absolute Gasteiger partial charge is 0.496 e. The molecule has 0 spiro atoms.